The van der Waals surface area contributed by atoms with Gasteiger partial charge in [-0.2, -0.15) is 0 Å². The number of pyridine rings is 1. The highest BCUT2D eigenvalue weighted by atomic mass is 127. The molecule has 0 amide bonds. The van der Waals surface area contributed by atoms with Gasteiger partial charge in [0.15, 0.2) is 5.96 Å². The van der Waals surface area contributed by atoms with E-state index in [0.717, 1.165) is 35.2 Å². The molecular weight excluding hydrogens is 413 g/mol. The molecular formula is C18H28IN5. The molecule has 0 aliphatic heterocycles. The van der Waals surface area contributed by atoms with Crippen molar-refractivity contribution in [2.24, 2.45) is 16.6 Å². The molecule has 0 aliphatic rings. The Balaban J connectivity index is 0.00000288. The summed E-state index contributed by atoms with van der Waals surface area (Å²) in [6.45, 7) is 5.79. The first-order valence-electron chi connectivity index (χ1n) is 8.07. The zero-order valence-electron chi connectivity index (χ0n) is 14.9. The first kappa shape index (κ1) is 20.5. The van der Waals surface area contributed by atoms with Gasteiger partial charge in [0.25, 0.3) is 0 Å². The van der Waals surface area contributed by atoms with Gasteiger partial charge in [0.2, 0.25) is 0 Å². The molecule has 3 N–H and O–H groups in total. The Bertz CT molecular complexity index is 682. The highest BCUT2D eigenvalue weighted by Crippen LogP contribution is 2.22. The second-order valence-electron chi connectivity index (χ2n) is 6.36. The minimum atomic E-state index is 0. The van der Waals surface area contributed by atoms with Crippen LogP contribution in [0.5, 0.6) is 0 Å². The van der Waals surface area contributed by atoms with Crippen LogP contribution in [-0.2, 0) is 6.54 Å². The quantitative estimate of drug-likeness (QED) is 0.410. The van der Waals surface area contributed by atoms with Crippen molar-refractivity contribution in [2.75, 3.05) is 25.5 Å². The van der Waals surface area contributed by atoms with Gasteiger partial charge in [-0.3, -0.25) is 0 Å². The number of nitrogens with zero attached hydrogens (tertiary/aromatic N) is 3. The van der Waals surface area contributed by atoms with Crippen LogP contribution in [0.1, 0.15) is 25.8 Å². The molecule has 24 heavy (non-hydrogen) atoms. The molecule has 0 spiro atoms. The van der Waals surface area contributed by atoms with Gasteiger partial charge in [0.1, 0.15) is 5.82 Å². The molecule has 1 aromatic carbocycles. The number of halogens is 1. The average Bonchev–Trinajstić information content (AvgIpc) is 2.51. The number of hydrogen-bond donors (Lipinski definition) is 2. The number of aromatic nitrogens is 1. The van der Waals surface area contributed by atoms with Crippen LogP contribution < -0.4 is 16.0 Å². The Morgan fingerprint density at radius 2 is 2.00 bits per heavy atom. The largest absolute Gasteiger partial charge is 0.370 e. The fourth-order valence-corrected chi connectivity index (χ4v) is 2.31. The summed E-state index contributed by atoms with van der Waals surface area (Å²) in [6, 6.07) is 10.2. The topological polar surface area (TPSA) is 66.5 Å². The maximum atomic E-state index is 5.96. The minimum Gasteiger partial charge on any atom is -0.370 e. The molecule has 2 aromatic rings. The summed E-state index contributed by atoms with van der Waals surface area (Å²) in [6.07, 6.45) is 1.08. The lowest BCUT2D eigenvalue weighted by Gasteiger charge is -2.14. The van der Waals surface area contributed by atoms with E-state index in [9.17, 15) is 0 Å². The first-order valence-corrected chi connectivity index (χ1v) is 8.07. The maximum Gasteiger partial charge on any atom is 0.188 e. The Labute approximate surface area is 161 Å². The summed E-state index contributed by atoms with van der Waals surface area (Å²) >= 11 is 0. The lowest BCUT2D eigenvalue weighted by Crippen LogP contribution is -2.32. The van der Waals surface area contributed by atoms with Crippen molar-refractivity contribution in [3.8, 4) is 0 Å². The highest BCUT2D eigenvalue weighted by Gasteiger charge is 2.07. The summed E-state index contributed by atoms with van der Waals surface area (Å²) < 4.78 is 0. The van der Waals surface area contributed by atoms with E-state index in [0.29, 0.717) is 18.4 Å². The van der Waals surface area contributed by atoms with Crippen LogP contribution in [-0.4, -0.2) is 31.6 Å². The fraction of sp³-hybridized carbons (Fsp3) is 0.444. The Hall–Kier alpha value is -1.57. The van der Waals surface area contributed by atoms with Crippen LogP contribution in [0.2, 0.25) is 0 Å². The van der Waals surface area contributed by atoms with Gasteiger partial charge in [-0.15, -0.1) is 24.0 Å². The van der Waals surface area contributed by atoms with E-state index in [-0.39, 0.29) is 24.0 Å². The van der Waals surface area contributed by atoms with Crippen LogP contribution in [0.4, 0.5) is 5.82 Å². The van der Waals surface area contributed by atoms with Gasteiger partial charge in [0.05, 0.1) is 12.1 Å². The SMILES string of the molecule is CC(C)CCNC(N)=NCc1cc(N(C)C)nc2ccccc12.I. The molecule has 132 valence electrons. The van der Waals surface area contributed by atoms with E-state index in [2.05, 4.69) is 41.3 Å². The van der Waals surface area contributed by atoms with Crippen molar-refractivity contribution in [1.82, 2.24) is 10.3 Å². The van der Waals surface area contributed by atoms with Crippen LogP contribution in [0.15, 0.2) is 35.3 Å². The number of para-hydroxylation sites is 1. The van der Waals surface area contributed by atoms with Gasteiger partial charge in [0, 0.05) is 26.0 Å². The third kappa shape index (κ3) is 5.81. The molecule has 0 saturated carbocycles. The van der Waals surface area contributed by atoms with Crippen molar-refractivity contribution in [3.63, 3.8) is 0 Å². The lowest BCUT2D eigenvalue weighted by molar-refractivity contribution is 0.576. The summed E-state index contributed by atoms with van der Waals surface area (Å²) in [5.74, 6) is 2.08. The molecule has 0 radical (unpaired) electrons. The van der Waals surface area contributed by atoms with E-state index in [1.807, 2.05) is 37.2 Å². The number of nitrogens with two attached hydrogens (primary N) is 1. The Kier molecular flexibility index (Phi) is 8.24. The highest BCUT2D eigenvalue weighted by molar-refractivity contribution is 14.0. The van der Waals surface area contributed by atoms with E-state index in [1.54, 1.807) is 0 Å². The summed E-state index contributed by atoms with van der Waals surface area (Å²) in [4.78, 5) is 11.1. The van der Waals surface area contributed by atoms with E-state index >= 15 is 0 Å². The second-order valence-corrected chi connectivity index (χ2v) is 6.36. The van der Waals surface area contributed by atoms with E-state index in [4.69, 9.17) is 5.73 Å². The number of nitrogens with one attached hydrogen (secondary N) is 1. The van der Waals surface area contributed by atoms with Crippen LogP contribution in [0.25, 0.3) is 10.9 Å². The van der Waals surface area contributed by atoms with Crippen LogP contribution in [0, 0.1) is 5.92 Å². The number of rotatable bonds is 6. The zero-order chi connectivity index (χ0) is 16.8. The third-order valence-corrected chi connectivity index (χ3v) is 3.69. The predicted molar refractivity (Wildman–Crippen MR) is 114 cm³/mol. The van der Waals surface area contributed by atoms with Crippen molar-refractivity contribution in [2.45, 2.75) is 26.8 Å². The van der Waals surface area contributed by atoms with Crippen molar-refractivity contribution in [3.05, 3.63) is 35.9 Å². The molecule has 0 saturated heterocycles. The van der Waals surface area contributed by atoms with Gasteiger partial charge in [-0.1, -0.05) is 32.0 Å². The molecule has 0 aliphatic carbocycles. The molecule has 0 unspecified atom stereocenters. The summed E-state index contributed by atoms with van der Waals surface area (Å²) in [7, 11) is 3.98. The van der Waals surface area contributed by atoms with Crippen molar-refractivity contribution in [1.29, 1.82) is 0 Å². The molecule has 0 fully saturated rings. The standard InChI is InChI=1S/C18H27N5.HI/c1-13(2)9-10-20-18(19)21-12-14-11-17(23(3)4)22-16-8-6-5-7-15(14)16;/h5-8,11,13H,9-10,12H2,1-4H3,(H3,19,20,21);1H. The summed E-state index contributed by atoms with van der Waals surface area (Å²) in [5.41, 5.74) is 8.08. The molecule has 5 nitrogen and oxygen atoms in total. The maximum absolute atomic E-state index is 5.96. The molecule has 1 aromatic heterocycles. The third-order valence-electron chi connectivity index (χ3n) is 3.69. The smallest absolute Gasteiger partial charge is 0.188 e. The molecule has 6 heteroatoms. The average molecular weight is 441 g/mol. The minimum absolute atomic E-state index is 0. The second kappa shape index (κ2) is 9.66. The Morgan fingerprint density at radius 3 is 2.67 bits per heavy atom. The lowest BCUT2D eigenvalue weighted by atomic mass is 10.1. The van der Waals surface area contributed by atoms with E-state index in [1.165, 1.54) is 0 Å². The zero-order valence-corrected chi connectivity index (χ0v) is 17.2. The first-order chi connectivity index (χ1) is 11.0. The van der Waals surface area contributed by atoms with Crippen molar-refractivity contribution < 1.29 is 0 Å². The van der Waals surface area contributed by atoms with Crippen LogP contribution >= 0.6 is 24.0 Å². The number of fused-ring (bicyclic) bond motifs is 1. The predicted octanol–water partition coefficient (Wildman–Crippen LogP) is 3.37. The Morgan fingerprint density at radius 1 is 1.29 bits per heavy atom. The molecule has 2 rings (SSSR count). The van der Waals surface area contributed by atoms with Gasteiger partial charge in [-0.05, 0) is 30.0 Å². The number of benzene rings is 1. The van der Waals surface area contributed by atoms with Gasteiger partial charge < -0.3 is 16.0 Å². The summed E-state index contributed by atoms with van der Waals surface area (Å²) in [5, 5.41) is 4.29. The van der Waals surface area contributed by atoms with Crippen molar-refractivity contribution >= 4 is 46.7 Å². The van der Waals surface area contributed by atoms with E-state index < -0.39 is 0 Å². The molecule has 0 atom stereocenters. The monoisotopic (exact) mass is 441 g/mol. The number of guanidine groups is 1. The number of hydrogen-bond acceptors (Lipinski definition) is 3. The normalized spacial score (nSPS) is 11.5. The number of aliphatic imine (C=N–C) groups is 1. The molecule has 1 heterocycles. The number of anilines is 1. The van der Waals surface area contributed by atoms with Crippen LogP contribution in [0.3, 0.4) is 0 Å². The van der Waals surface area contributed by atoms with Gasteiger partial charge in [-0.25, -0.2) is 9.98 Å². The molecule has 0 bridgehead atoms. The fourth-order valence-electron chi connectivity index (χ4n) is 2.31. The van der Waals surface area contributed by atoms with Gasteiger partial charge >= 0.3 is 0 Å².